The van der Waals surface area contributed by atoms with Crippen LogP contribution in [0.15, 0.2) is 0 Å². The van der Waals surface area contributed by atoms with Gasteiger partial charge in [0.15, 0.2) is 5.13 Å². The highest BCUT2D eigenvalue weighted by atomic mass is 32.1. The summed E-state index contributed by atoms with van der Waals surface area (Å²) in [6, 6.07) is -0.877. The van der Waals surface area contributed by atoms with Gasteiger partial charge in [-0.2, -0.15) is 0 Å². The average Bonchev–Trinajstić information content (AvgIpc) is 2.84. The highest BCUT2D eigenvalue weighted by Crippen LogP contribution is 2.29. The van der Waals surface area contributed by atoms with E-state index in [1.165, 1.54) is 22.6 Å². The van der Waals surface area contributed by atoms with Crippen molar-refractivity contribution in [2.45, 2.75) is 45.1 Å². The Hall–Kier alpha value is -1.96. The van der Waals surface area contributed by atoms with Gasteiger partial charge in [0.05, 0.1) is 11.6 Å². The normalized spacial score (nSPS) is 24.2. The van der Waals surface area contributed by atoms with Gasteiger partial charge < -0.3 is 10.6 Å². The lowest BCUT2D eigenvalue weighted by Gasteiger charge is -2.28. The predicted octanol–water partition coefficient (Wildman–Crippen LogP) is 1.19. The minimum absolute atomic E-state index is 0.0253. The van der Waals surface area contributed by atoms with E-state index in [0.717, 1.165) is 25.0 Å². The van der Waals surface area contributed by atoms with E-state index < -0.39 is 17.9 Å². The van der Waals surface area contributed by atoms with Gasteiger partial charge in [0.2, 0.25) is 11.8 Å². The summed E-state index contributed by atoms with van der Waals surface area (Å²) >= 11 is 1.51. The van der Waals surface area contributed by atoms with Crippen molar-refractivity contribution < 1.29 is 14.4 Å². The molecule has 4 amide bonds. The number of rotatable bonds is 3. The number of hydrogen-bond acceptors (Lipinski definition) is 5. The van der Waals surface area contributed by atoms with Crippen molar-refractivity contribution in [3.63, 3.8) is 0 Å². The van der Waals surface area contributed by atoms with Crippen molar-refractivity contribution in [1.29, 1.82) is 0 Å². The van der Waals surface area contributed by atoms with Crippen molar-refractivity contribution in [2.75, 3.05) is 5.32 Å². The molecule has 2 aliphatic rings. The first-order valence-electron chi connectivity index (χ1n) is 7.42. The zero-order chi connectivity index (χ0) is 15.7. The summed E-state index contributed by atoms with van der Waals surface area (Å²) in [4.78, 5) is 40.8. The monoisotopic (exact) mass is 322 g/mol. The lowest BCUT2D eigenvalue weighted by Crippen LogP contribution is -2.57. The molecule has 8 heteroatoms. The molecule has 1 aliphatic heterocycles. The van der Waals surface area contributed by atoms with Gasteiger partial charge in [-0.3, -0.25) is 14.9 Å². The van der Waals surface area contributed by atoms with Crippen LogP contribution >= 0.6 is 11.3 Å². The van der Waals surface area contributed by atoms with Crippen LogP contribution in [0.5, 0.6) is 0 Å². The molecule has 1 fully saturated rings. The van der Waals surface area contributed by atoms with Crippen molar-refractivity contribution in [1.82, 2.24) is 15.6 Å². The Balaban J connectivity index is 1.61. The van der Waals surface area contributed by atoms with E-state index in [-0.39, 0.29) is 18.4 Å². The summed E-state index contributed by atoms with van der Waals surface area (Å²) in [5.41, 5.74) is 1.09. The molecule has 3 N–H and O–H groups in total. The van der Waals surface area contributed by atoms with Crippen LogP contribution in [0.1, 0.15) is 36.8 Å². The zero-order valence-electron chi connectivity index (χ0n) is 12.3. The Morgan fingerprint density at radius 1 is 1.36 bits per heavy atom. The van der Waals surface area contributed by atoms with E-state index in [2.05, 4.69) is 20.9 Å². The minimum atomic E-state index is -0.563. The number of urea groups is 1. The largest absolute Gasteiger partial charge is 0.335 e. The van der Waals surface area contributed by atoms with E-state index in [4.69, 9.17) is 0 Å². The van der Waals surface area contributed by atoms with Gasteiger partial charge in [0.25, 0.3) is 0 Å². The van der Waals surface area contributed by atoms with Gasteiger partial charge in [-0.15, -0.1) is 11.3 Å². The fraction of sp³-hybridized carbons (Fsp3) is 0.571. The second kappa shape index (κ2) is 6.04. The lowest BCUT2D eigenvalue weighted by atomic mass is 9.94. The molecular formula is C14H18N4O3S. The first kappa shape index (κ1) is 15.0. The number of hydrogen-bond donors (Lipinski definition) is 3. The number of aryl methyl sites for hydroxylation is 2. The van der Waals surface area contributed by atoms with Crippen LogP contribution in [-0.4, -0.2) is 28.9 Å². The maximum Gasteiger partial charge on any atom is 0.321 e. The van der Waals surface area contributed by atoms with E-state index in [1.54, 1.807) is 6.92 Å². The number of fused-ring (bicyclic) bond motifs is 1. The fourth-order valence-corrected chi connectivity index (χ4v) is 3.89. The second-order valence-corrected chi connectivity index (χ2v) is 6.79. The molecule has 2 unspecified atom stereocenters. The number of thiazole rings is 1. The molecule has 118 valence electrons. The molecule has 0 aromatic carbocycles. The van der Waals surface area contributed by atoms with Crippen molar-refractivity contribution in [3.05, 3.63) is 10.6 Å². The number of carbonyl (C=O) groups is 3. The summed E-state index contributed by atoms with van der Waals surface area (Å²) in [6.07, 6.45) is 4.33. The van der Waals surface area contributed by atoms with Crippen LogP contribution in [0.25, 0.3) is 0 Å². The Morgan fingerprint density at radius 2 is 2.14 bits per heavy atom. The molecule has 1 aromatic rings. The number of carbonyl (C=O) groups excluding carboxylic acids is 3. The topological polar surface area (TPSA) is 100 Å². The van der Waals surface area contributed by atoms with Crippen LogP contribution in [0.3, 0.4) is 0 Å². The maximum atomic E-state index is 12.1. The SMILES string of the molecule is CC1NC(=O)NC(=O)C1CC(=O)Nc1nc2c(s1)CCCC2. The van der Waals surface area contributed by atoms with Crippen molar-refractivity contribution >= 4 is 34.3 Å². The van der Waals surface area contributed by atoms with Gasteiger partial charge in [0.1, 0.15) is 0 Å². The maximum absolute atomic E-state index is 12.1. The summed E-state index contributed by atoms with van der Waals surface area (Å²) in [6.45, 7) is 1.72. The molecule has 2 atom stereocenters. The molecule has 2 heterocycles. The van der Waals surface area contributed by atoms with Gasteiger partial charge >= 0.3 is 6.03 Å². The van der Waals surface area contributed by atoms with Crippen LogP contribution in [-0.2, 0) is 22.4 Å². The molecule has 22 heavy (non-hydrogen) atoms. The third-order valence-corrected chi connectivity index (χ3v) is 5.11. The van der Waals surface area contributed by atoms with Gasteiger partial charge in [0, 0.05) is 17.3 Å². The molecule has 1 aromatic heterocycles. The lowest BCUT2D eigenvalue weighted by molar-refractivity contribution is -0.129. The fourth-order valence-electron chi connectivity index (χ4n) is 2.82. The van der Waals surface area contributed by atoms with Crippen molar-refractivity contribution in [2.24, 2.45) is 5.92 Å². The number of imide groups is 1. The van der Waals surface area contributed by atoms with Crippen LogP contribution in [0, 0.1) is 5.92 Å². The van der Waals surface area contributed by atoms with E-state index in [9.17, 15) is 14.4 Å². The first-order chi connectivity index (χ1) is 10.5. The third-order valence-electron chi connectivity index (χ3n) is 4.03. The Morgan fingerprint density at radius 3 is 2.86 bits per heavy atom. The van der Waals surface area contributed by atoms with Gasteiger partial charge in [-0.25, -0.2) is 9.78 Å². The second-order valence-electron chi connectivity index (χ2n) is 5.71. The van der Waals surface area contributed by atoms with Crippen LogP contribution < -0.4 is 16.0 Å². The minimum Gasteiger partial charge on any atom is -0.335 e. The Labute approximate surface area is 131 Å². The number of anilines is 1. The number of aromatic nitrogens is 1. The molecule has 0 spiro atoms. The number of nitrogens with zero attached hydrogens (tertiary/aromatic N) is 1. The molecule has 0 bridgehead atoms. The standard InChI is InChI=1S/C14H18N4O3S/c1-7-8(12(20)18-13(21)15-7)6-11(19)17-14-16-9-4-2-3-5-10(9)22-14/h7-8H,2-6H2,1H3,(H,16,17,19)(H2,15,18,20,21). The van der Waals surface area contributed by atoms with Crippen LogP contribution in [0.4, 0.5) is 9.93 Å². The molecule has 1 saturated heterocycles. The Bertz CT molecular complexity index is 604. The zero-order valence-corrected chi connectivity index (χ0v) is 13.1. The van der Waals surface area contributed by atoms with Gasteiger partial charge in [-0.05, 0) is 32.6 Å². The first-order valence-corrected chi connectivity index (χ1v) is 8.24. The van der Waals surface area contributed by atoms with Crippen LogP contribution in [0.2, 0.25) is 0 Å². The molecule has 0 radical (unpaired) electrons. The summed E-state index contributed by atoms with van der Waals surface area (Å²) in [7, 11) is 0. The summed E-state index contributed by atoms with van der Waals surface area (Å²) in [5, 5.41) is 8.17. The predicted molar refractivity (Wildman–Crippen MR) is 81.6 cm³/mol. The summed E-state index contributed by atoms with van der Waals surface area (Å²) in [5.74, 6) is -1.23. The molecule has 3 rings (SSSR count). The third kappa shape index (κ3) is 3.11. The molecule has 1 aliphatic carbocycles. The van der Waals surface area contributed by atoms with E-state index in [0.29, 0.717) is 5.13 Å². The highest BCUT2D eigenvalue weighted by molar-refractivity contribution is 7.15. The molecule has 0 saturated carbocycles. The highest BCUT2D eigenvalue weighted by Gasteiger charge is 2.34. The number of amides is 4. The van der Waals surface area contributed by atoms with E-state index in [1.807, 2.05) is 0 Å². The smallest absolute Gasteiger partial charge is 0.321 e. The quantitative estimate of drug-likeness (QED) is 0.778. The van der Waals surface area contributed by atoms with Crippen molar-refractivity contribution in [3.8, 4) is 0 Å². The Kier molecular flexibility index (Phi) is 4.10. The number of nitrogens with one attached hydrogen (secondary N) is 3. The molecule has 7 nitrogen and oxygen atoms in total. The van der Waals surface area contributed by atoms with E-state index >= 15 is 0 Å². The van der Waals surface area contributed by atoms with Gasteiger partial charge in [-0.1, -0.05) is 0 Å². The average molecular weight is 322 g/mol. The molecular weight excluding hydrogens is 304 g/mol. The summed E-state index contributed by atoms with van der Waals surface area (Å²) < 4.78 is 0.